The van der Waals surface area contributed by atoms with Crippen molar-refractivity contribution >= 4 is 17.3 Å². The molecule has 1 aliphatic carbocycles. The van der Waals surface area contributed by atoms with Gasteiger partial charge in [-0.15, -0.1) is 0 Å². The SMILES string of the molecule is Nc1ncnc(NCC2CCCCC2)c1[N+](=O)[O-]. The van der Waals surface area contributed by atoms with Gasteiger partial charge in [-0.05, 0) is 18.8 Å². The second-order valence-electron chi connectivity index (χ2n) is 4.60. The second-order valence-corrected chi connectivity index (χ2v) is 4.60. The molecule has 1 heterocycles. The largest absolute Gasteiger partial charge is 0.378 e. The molecule has 0 atom stereocenters. The molecule has 7 nitrogen and oxygen atoms in total. The Hall–Kier alpha value is -1.92. The molecule has 0 unspecified atom stereocenters. The van der Waals surface area contributed by atoms with E-state index >= 15 is 0 Å². The number of nitrogens with zero attached hydrogens (tertiary/aromatic N) is 3. The van der Waals surface area contributed by atoms with Gasteiger partial charge < -0.3 is 11.1 Å². The quantitative estimate of drug-likeness (QED) is 0.625. The topological polar surface area (TPSA) is 107 Å². The minimum absolute atomic E-state index is 0.0962. The van der Waals surface area contributed by atoms with Gasteiger partial charge >= 0.3 is 5.69 Å². The average molecular weight is 251 g/mol. The Morgan fingerprint density at radius 1 is 1.39 bits per heavy atom. The van der Waals surface area contributed by atoms with Crippen LogP contribution in [0.2, 0.25) is 0 Å². The van der Waals surface area contributed by atoms with Crippen LogP contribution in [-0.4, -0.2) is 21.4 Å². The molecule has 1 aromatic rings. The molecule has 3 N–H and O–H groups in total. The molecule has 1 aliphatic rings. The summed E-state index contributed by atoms with van der Waals surface area (Å²) in [5.41, 5.74) is 5.27. The van der Waals surface area contributed by atoms with Crippen LogP contribution in [-0.2, 0) is 0 Å². The molecule has 1 aromatic heterocycles. The molecule has 0 aliphatic heterocycles. The van der Waals surface area contributed by atoms with Crippen LogP contribution in [0.15, 0.2) is 6.33 Å². The molecule has 7 heteroatoms. The third-order valence-corrected chi connectivity index (χ3v) is 3.32. The molecule has 18 heavy (non-hydrogen) atoms. The highest BCUT2D eigenvalue weighted by Gasteiger charge is 2.22. The van der Waals surface area contributed by atoms with E-state index < -0.39 is 4.92 Å². The van der Waals surface area contributed by atoms with Crippen LogP contribution < -0.4 is 11.1 Å². The summed E-state index contributed by atoms with van der Waals surface area (Å²) in [6.45, 7) is 0.706. The van der Waals surface area contributed by atoms with E-state index in [-0.39, 0.29) is 17.3 Å². The van der Waals surface area contributed by atoms with E-state index in [1.807, 2.05) is 0 Å². The number of nitrogens with two attached hydrogens (primary N) is 1. The highest BCUT2D eigenvalue weighted by atomic mass is 16.6. The lowest BCUT2D eigenvalue weighted by Gasteiger charge is -2.21. The van der Waals surface area contributed by atoms with Crippen LogP contribution in [0.4, 0.5) is 17.3 Å². The molecule has 1 saturated carbocycles. The fraction of sp³-hybridized carbons (Fsp3) is 0.636. The summed E-state index contributed by atoms with van der Waals surface area (Å²) in [5.74, 6) is 0.689. The Bertz CT molecular complexity index is 431. The summed E-state index contributed by atoms with van der Waals surface area (Å²) in [6.07, 6.45) is 7.34. The smallest absolute Gasteiger partial charge is 0.352 e. The van der Waals surface area contributed by atoms with Crippen molar-refractivity contribution in [1.82, 2.24) is 9.97 Å². The summed E-state index contributed by atoms with van der Waals surface area (Å²) in [7, 11) is 0. The highest BCUT2D eigenvalue weighted by Crippen LogP contribution is 2.28. The molecule has 1 fully saturated rings. The van der Waals surface area contributed by atoms with Crippen molar-refractivity contribution in [2.45, 2.75) is 32.1 Å². The number of nitro groups is 1. The summed E-state index contributed by atoms with van der Waals surface area (Å²) in [4.78, 5) is 17.9. The van der Waals surface area contributed by atoms with Crippen LogP contribution in [0.3, 0.4) is 0 Å². The third-order valence-electron chi connectivity index (χ3n) is 3.32. The van der Waals surface area contributed by atoms with Gasteiger partial charge in [0.25, 0.3) is 0 Å². The number of nitrogen functional groups attached to an aromatic ring is 1. The molecule has 0 saturated heterocycles. The van der Waals surface area contributed by atoms with E-state index in [0.29, 0.717) is 12.5 Å². The Labute approximate surface area is 105 Å². The van der Waals surface area contributed by atoms with Gasteiger partial charge in [-0.2, -0.15) is 0 Å². The van der Waals surface area contributed by atoms with Crippen molar-refractivity contribution in [2.24, 2.45) is 5.92 Å². The third kappa shape index (κ3) is 2.85. The lowest BCUT2D eigenvalue weighted by Crippen LogP contribution is -2.18. The number of nitrogens with one attached hydrogen (secondary N) is 1. The summed E-state index contributed by atoms with van der Waals surface area (Å²) in [5, 5.41) is 13.9. The number of aromatic nitrogens is 2. The van der Waals surface area contributed by atoms with Gasteiger partial charge in [0.1, 0.15) is 6.33 Å². The zero-order valence-corrected chi connectivity index (χ0v) is 10.1. The van der Waals surface area contributed by atoms with Crippen molar-refractivity contribution in [3.05, 3.63) is 16.4 Å². The Balaban J connectivity index is 2.04. The fourth-order valence-corrected chi connectivity index (χ4v) is 2.33. The fourth-order valence-electron chi connectivity index (χ4n) is 2.33. The highest BCUT2D eigenvalue weighted by molar-refractivity contribution is 5.67. The maximum Gasteiger partial charge on any atom is 0.352 e. The summed E-state index contributed by atoms with van der Waals surface area (Å²) >= 11 is 0. The maximum absolute atomic E-state index is 10.9. The van der Waals surface area contributed by atoms with Crippen molar-refractivity contribution in [3.63, 3.8) is 0 Å². The first-order valence-corrected chi connectivity index (χ1v) is 6.17. The van der Waals surface area contributed by atoms with Crippen LogP contribution in [0.25, 0.3) is 0 Å². The monoisotopic (exact) mass is 251 g/mol. The molecule has 0 amide bonds. The van der Waals surface area contributed by atoms with Crippen LogP contribution >= 0.6 is 0 Å². The molecule has 0 spiro atoms. The zero-order chi connectivity index (χ0) is 13.0. The van der Waals surface area contributed by atoms with Gasteiger partial charge in [0.15, 0.2) is 0 Å². The van der Waals surface area contributed by atoms with E-state index in [1.165, 1.54) is 38.4 Å². The van der Waals surface area contributed by atoms with E-state index in [1.54, 1.807) is 0 Å². The lowest BCUT2D eigenvalue weighted by molar-refractivity contribution is -0.383. The van der Waals surface area contributed by atoms with Gasteiger partial charge in [-0.1, -0.05) is 19.3 Å². The van der Waals surface area contributed by atoms with Crippen LogP contribution in [0, 0.1) is 16.0 Å². The summed E-state index contributed by atoms with van der Waals surface area (Å²) in [6, 6.07) is 0. The first-order valence-electron chi connectivity index (χ1n) is 6.17. The number of hydrogen-bond donors (Lipinski definition) is 2. The average Bonchev–Trinajstić information content (AvgIpc) is 2.37. The molecule has 98 valence electrons. The van der Waals surface area contributed by atoms with Crippen LogP contribution in [0.5, 0.6) is 0 Å². The van der Waals surface area contributed by atoms with Crippen molar-refractivity contribution in [2.75, 3.05) is 17.6 Å². The lowest BCUT2D eigenvalue weighted by atomic mass is 9.89. The second kappa shape index (κ2) is 5.61. The van der Waals surface area contributed by atoms with Gasteiger partial charge in [0, 0.05) is 6.54 Å². The molecule has 2 rings (SSSR count). The first-order chi connectivity index (χ1) is 8.68. The Morgan fingerprint density at radius 3 is 2.78 bits per heavy atom. The van der Waals surface area contributed by atoms with Crippen molar-refractivity contribution < 1.29 is 4.92 Å². The minimum atomic E-state index is -0.543. The van der Waals surface area contributed by atoms with Gasteiger partial charge in [0.2, 0.25) is 11.6 Å². The molecular weight excluding hydrogens is 234 g/mol. The molecule has 0 aromatic carbocycles. The number of anilines is 2. The predicted octanol–water partition coefficient (Wildman–Crippen LogP) is 1.96. The Morgan fingerprint density at radius 2 is 2.11 bits per heavy atom. The van der Waals surface area contributed by atoms with E-state index in [4.69, 9.17) is 5.73 Å². The molecule has 0 bridgehead atoms. The number of rotatable bonds is 4. The summed E-state index contributed by atoms with van der Waals surface area (Å²) < 4.78 is 0. The van der Waals surface area contributed by atoms with Crippen LogP contribution in [0.1, 0.15) is 32.1 Å². The first kappa shape index (κ1) is 12.5. The predicted molar refractivity (Wildman–Crippen MR) is 68.2 cm³/mol. The maximum atomic E-state index is 10.9. The molecule has 0 radical (unpaired) electrons. The number of hydrogen-bond acceptors (Lipinski definition) is 6. The standard InChI is InChI=1S/C11H17N5O2/c12-10-9(16(17)18)11(15-7-14-10)13-6-8-4-2-1-3-5-8/h7-8H,1-6H2,(H3,12,13,14,15). The normalized spacial score (nSPS) is 16.4. The Kier molecular flexibility index (Phi) is 3.91. The van der Waals surface area contributed by atoms with Crippen molar-refractivity contribution in [1.29, 1.82) is 0 Å². The van der Waals surface area contributed by atoms with Gasteiger partial charge in [0.05, 0.1) is 4.92 Å². The van der Waals surface area contributed by atoms with E-state index in [9.17, 15) is 10.1 Å². The van der Waals surface area contributed by atoms with Gasteiger partial charge in [-0.25, -0.2) is 9.97 Å². The zero-order valence-electron chi connectivity index (χ0n) is 10.1. The van der Waals surface area contributed by atoms with E-state index in [2.05, 4.69) is 15.3 Å². The molecular formula is C11H17N5O2. The van der Waals surface area contributed by atoms with Gasteiger partial charge in [-0.3, -0.25) is 10.1 Å². The van der Waals surface area contributed by atoms with E-state index in [0.717, 1.165) is 0 Å². The van der Waals surface area contributed by atoms with Crippen molar-refractivity contribution in [3.8, 4) is 0 Å². The minimum Gasteiger partial charge on any atom is -0.378 e.